The van der Waals surface area contributed by atoms with Crippen LogP contribution in [0.25, 0.3) is 22.2 Å². The quantitative estimate of drug-likeness (QED) is 0.533. The molecule has 3 aromatic rings. The van der Waals surface area contributed by atoms with Crippen molar-refractivity contribution in [3.05, 3.63) is 47.5 Å². The SMILES string of the molecule is COc1ccc(-c2[nH]c3ccc(C4CCN(C(C)=O)CC4)cc3c2CC(F)(F)F)cc1OC. The second-order valence-electron chi connectivity index (χ2n) is 8.43. The van der Waals surface area contributed by atoms with Gasteiger partial charge in [0, 0.05) is 36.5 Å². The van der Waals surface area contributed by atoms with Crippen LogP contribution in [0.1, 0.15) is 36.8 Å². The lowest BCUT2D eigenvalue weighted by Crippen LogP contribution is -2.36. The van der Waals surface area contributed by atoms with Gasteiger partial charge < -0.3 is 19.4 Å². The molecule has 2 aromatic carbocycles. The molecule has 0 saturated carbocycles. The molecule has 33 heavy (non-hydrogen) atoms. The van der Waals surface area contributed by atoms with Crippen LogP contribution in [0.2, 0.25) is 0 Å². The number of carbonyl (C=O) groups excluding carboxylic acids is 1. The number of nitrogens with zero attached hydrogens (tertiary/aromatic N) is 1. The Morgan fingerprint density at radius 3 is 2.36 bits per heavy atom. The number of benzene rings is 2. The summed E-state index contributed by atoms with van der Waals surface area (Å²) in [5.41, 5.74) is 2.90. The van der Waals surface area contributed by atoms with E-state index in [-0.39, 0.29) is 17.4 Å². The van der Waals surface area contributed by atoms with E-state index in [0.29, 0.717) is 46.7 Å². The maximum Gasteiger partial charge on any atom is 0.393 e. The molecule has 176 valence electrons. The first-order valence-corrected chi connectivity index (χ1v) is 10.9. The largest absolute Gasteiger partial charge is 0.493 e. The van der Waals surface area contributed by atoms with Crippen molar-refractivity contribution in [2.24, 2.45) is 0 Å². The number of nitrogens with one attached hydrogen (secondary N) is 1. The normalized spacial score (nSPS) is 15.2. The van der Waals surface area contributed by atoms with Gasteiger partial charge in [0.1, 0.15) is 0 Å². The molecule has 2 heterocycles. The Balaban J connectivity index is 1.77. The predicted octanol–water partition coefficient (Wildman–Crippen LogP) is 5.68. The number of amides is 1. The van der Waals surface area contributed by atoms with Gasteiger partial charge in [0.2, 0.25) is 5.91 Å². The summed E-state index contributed by atoms with van der Waals surface area (Å²) in [6, 6.07) is 10.8. The lowest BCUT2D eigenvalue weighted by Gasteiger charge is -2.31. The zero-order chi connectivity index (χ0) is 23.8. The molecule has 0 bridgehead atoms. The van der Waals surface area contributed by atoms with Gasteiger partial charge in [0.15, 0.2) is 11.5 Å². The van der Waals surface area contributed by atoms with Gasteiger partial charge in [-0.15, -0.1) is 0 Å². The Labute approximate surface area is 190 Å². The Morgan fingerprint density at radius 2 is 1.76 bits per heavy atom. The minimum Gasteiger partial charge on any atom is -0.493 e. The van der Waals surface area contributed by atoms with E-state index in [9.17, 15) is 18.0 Å². The monoisotopic (exact) mass is 460 g/mol. The Hall–Kier alpha value is -3.16. The number of likely N-dealkylation sites (tertiary alicyclic amines) is 1. The van der Waals surface area contributed by atoms with Crippen LogP contribution >= 0.6 is 0 Å². The van der Waals surface area contributed by atoms with E-state index in [0.717, 1.165) is 18.4 Å². The van der Waals surface area contributed by atoms with Crippen LogP contribution in [0.15, 0.2) is 36.4 Å². The summed E-state index contributed by atoms with van der Waals surface area (Å²) >= 11 is 0. The molecular weight excluding hydrogens is 433 g/mol. The number of hydrogen-bond donors (Lipinski definition) is 1. The summed E-state index contributed by atoms with van der Waals surface area (Å²) in [6.45, 7) is 2.89. The van der Waals surface area contributed by atoms with Crippen molar-refractivity contribution >= 4 is 16.8 Å². The molecule has 0 aliphatic carbocycles. The molecule has 0 spiro atoms. The average Bonchev–Trinajstić information content (AvgIpc) is 3.14. The first kappa shape index (κ1) is 23.0. The first-order chi connectivity index (χ1) is 15.7. The number of piperidine rings is 1. The summed E-state index contributed by atoms with van der Waals surface area (Å²) in [5, 5.41) is 0.573. The van der Waals surface area contributed by atoms with Crippen LogP contribution in [0.4, 0.5) is 13.2 Å². The number of ether oxygens (including phenoxy) is 2. The maximum atomic E-state index is 13.6. The minimum atomic E-state index is -4.36. The highest BCUT2D eigenvalue weighted by atomic mass is 19.4. The number of carbonyl (C=O) groups is 1. The number of halogens is 3. The number of hydrogen-bond acceptors (Lipinski definition) is 3. The highest BCUT2D eigenvalue weighted by molar-refractivity contribution is 5.91. The number of methoxy groups -OCH3 is 2. The summed E-state index contributed by atoms with van der Waals surface area (Å²) in [7, 11) is 3.01. The molecule has 5 nitrogen and oxygen atoms in total. The highest BCUT2D eigenvalue weighted by Gasteiger charge is 2.32. The highest BCUT2D eigenvalue weighted by Crippen LogP contribution is 2.40. The maximum absolute atomic E-state index is 13.6. The van der Waals surface area contributed by atoms with Gasteiger partial charge >= 0.3 is 6.18 Å². The van der Waals surface area contributed by atoms with Gasteiger partial charge in [-0.2, -0.15) is 13.2 Å². The average molecular weight is 460 g/mol. The van der Waals surface area contributed by atoms with Crippen molar-refractivity contribution in [2.75, 3.05) is 27.3 Å². The van der Waals surface area contributed by atoms with E-state index in [4.69, 9.17) is 9.47 Å². The van der Waals surface area contributed by atoms with Crippen LogP contribution in [0, 0.1) is 0 Å². The molecule has 1 aromatic heterocycles. The van der Waals surface area contributed by atoms with Gasteiger partial charge in [-0.3, -0.25) is 4.79 Å². The summed E-state index contributed by atoms with van der Waals surface area (Å²) < 4.78 is 51.4. The second-order valence-corrected chi connectivity index (χ2v) is 8.43. The lowest BCUT2D eigenvalue weighted by molar-refractivity contribution is -0.130. The molecule has 1 fully saturated rings. The number of aromatic nitrogens is 1. The van der Waals surface area contributed by atoms with Crippen molar-refractivity contribution in [3.8, 4) is 22.8 Å². The third-order valence-corrected chi connectivity index (χ3v) is 6.39. The van der Waals surface area contributed by atoms with Crippen LogP contribution in [-0.4, -0.2) is 49.3 Å². The fraction of sp³-hybridized carbons (Fsp3) is 0.400. The number of fused-ring (bicyclic) bond motifs is 1. The molecule has 1 N–H and O–H groups in total. The molecule has 0 unspecified atom stereocenters. The number of aromatic amines is 1. The van der Waals surface area contributed by atoms with E-state index >= 15 is 0 Å². The molecule has 0 radical (unpaired) electrons. The van der Waals surface area contributed by atoms with Gasteiger partial charge in [0.25, 0.3) is 0 Å². The number of alkyl halides is 3. The third kappa shape index (κ3) is 4.79. The van der Waals surface area contributed by atoms with Gasteiger partial charge in [0.05, 0.1) is 26.3 Å². The zero-order valence-corrected chi connectivity index (χ0v) is 18.9. The van der Waals surface area contributed by atoms with E-state index in [1.165, 1.54) is 14.2 Å². The second kappa shape index (κ2) is 9.00. The molecule has 1 aliphatic rings. The molecule has 1 saturated heterocycles. The van der Waals surface area contributed by atoms with Crippen LogP contribution < -0.4 is 9.47 Å². The standard InChI is InChI=1S/C25H27F3N2O3/c1-15(31)30-10-8-16(9-11-30)17-4-6-21-19(12-17)20(14-25(26,27)28)24(29-21)18-5-7-22(32-2)23(13-18)33-3/h4-7,12-13,16,29H,8-11,14H2,1-3H3. The smallest absolute Gasteiger partial charge is 0.393 e. The molecule has 0 atom stereocenters. The molecule has 8 heteroatoms. The van der Waals surface area contributed by atoms with Crippen molar-refractivity contribution in [1.82, 2.24) is 9.88 Å². The first-order valence-electron chi connectivity index (χ1n) is 10.9. The number of H-pyrrole nitrogens is 1. The zero-order valence-electron chi connectivity index (χ0n) is 18.9. The Morgan fingerprint density at radius 1 is 1.06 bits per heavy atom. The Kier molecular flexibility index (Phi) is 6.28. The van der Waals surface area contributed by atoms with Crippen molar-refractivity contribution in [3.63, 3.8) is 0 Å². The fourth-order valence-electron chi connectivity index (χ4n) is 4.67. The molecule has 1 amide bonds. The summed E-state index contributed by atoms with van der Waals surface area (Å²) in [4.78, 5) is 16.6. The predicted molar refractivity (Wildman–Crippen MR) is 121 cm³/mol. The van der Waals surface area contributed by atoms with E-state index in [2.05, 4.69) is 4.98 Å². The minimum absolute atomic E-state index is 0.0570. The topological polar surface area (TPSA) is 54.6 Å². The van der Waals surface area contributed by atoms with Gasteiger partial charge in [-0.1, -0.05) is 6.07 Å². The summed E-state index contributed by atoms with van der Waals surface area (Å²) in [6.07, 6.45) is -3.80. The number of rotatable bonds is 5. The third-order valence-electron chi connectivity index (χ3n) is 6.39. The van der Waals surface area contributed by atoms with Crippen LogP contribution in [0.3, 0.4) is 0 Å². The molecule has 1 aliphatic heterocycles. The fourth-order valence-corrected chi connectivity index (χ4v) is 4.67. The van der Waals surface area contributed by atoms with Gasteiger partial charge in [-0.25, -0.2) is 0 Å². The molecular formula is C25H27F3N2O3. The van der Waals surface area contributed by atoms with Crippen molar-refractivity contribution < 1.29 is 27.4 Å². The summed E-state index contributed by atoms with van der Waals surface area (Å²) in [5.74, 6) is 1.23. The van der Waals surface area contributed by atoms with E-state index in [1.807, 2.05) is 23.1 Å². The van der Waals surface area contributed by atoms with Crippen molar-refractivity contribution in [1.29, 1.82) is 0 Å². The molecule has 4 rings (SSSR count). The van der Waals surface area contributed by atoms with E-state index in [1.54, 1.807) is 25.1 Å². The lowest BCUT2D eigenvalue weighted by atomic mass is 9.88. The van der Waals surface area contributed by atoms with Crippen molar-refractivity contribution in [2.45, 2.75) is 38.3 Å². The van der Waals surface area contributed by atoms with Crippen LogP contribution in [-0.2, 0) is 11.2 Å². The van der Waals surface area contributed by atoms with E-state index < -0.39 is 12.6 Å². The van der Waals surface area contributed by atoms with Crippen LogP contribution in [0.5, 0.6) is 11.5 Å². The Bertz CT molecular complexity index is 1160. The van der Waals surface area contributed by atoms with Gasteiger partial charge in [-0.05, 0) is 60.2 Å².